The van der Waals surface area contributed by atoms with Crippen LogP contribution in [-0.4, -0.2) is 64.8 Å². The van der Waals surface area contributed by atoms with Gasteiger partial charge in [-0.05, 0) is 57.6 Å². The third kappa shape index (κ3) is 6.82. The number of anilines is 1. The molecule has 8 heteroatoms. The Hall–Kier alpha value is -2.35. The molecule has 1 aromatic rings. The van der Waals surface area contributed by atoms with Gasteiger partial charge in [-0.3, -0.25) is 0 Å². The zero-order valence-electron chi connectivity index (χ0n) is 19.5. The number of nitrogens with one attached hydrogen (secondary N) is 3. The van der Waals surface area contributed by atoms with Crippen LogP contribution in [0.4, 0.5) is 10.6 Å². The number of aromatic nitrogens is 1. The van der Waals surface area contributed by atoms with Gasteiger partial charge in [0.15, 0.2) is 0 Å². The number of aryl methyl sites for hydroxylation is 2. The molecule has 3 rings (SSSR count). The SMILES string of the molecule is C[C@@H]1CNC[C@H](C)N1C(=O)NC(CCCCCCCc1ccc2c(n1)NCCC2)C(=O)O. The number of rotatable bonds is 10. The van der Waals surface area contributed by atoms with Gasteiger partial charge in [0.1, 0.15) is 11.9 Å². The lowest BCUT2D eigenvalue weighted by Gasteiger charge is -2.39. The molecule has 0 aliphatic carbocycles. The summed E-state index contributed by atoms with van der Waals surface area (Å²) in [4.78, 5) is 30.8. The van der Waals surface area contributed by atoms with Crippen LogP contribution in [0.25, 0.3) is 0 Å². The standard InChI is InChI=1S/C24H39N5O3/c1-17-15-25-16-18(2)29(17)24(32)28-21(23(30)31)11-7-5-3-4-6-10-20-13-12-19-9-8-14-26-22(19)27-20/h12-13,17-18,21,25H,3-11,14-16H2,1-2H3,(H,26,27)(H,28,32)(H,30,31)/t17-,18+,21?. The number of hydrogen-bond acceptors (Lipinski definition) is 5. The van der Waals surface area contributed by atoms with Crippen LogP contribution in [0.3, 0.4) is 0 Å². The van der Waals surface area contributed by atoms with Crippen LogP contribution in [0.15, 0.2) is 12.1 Å². The summed E-state index contributed by atoms with van der Waals surface area (Å²) in [5, 5.41) is 19.0. The maximum Gasteiger partial charge on any atom is 0.326 e. The van der Waals surface area contributed by atoms with Crippen LogP contribution in [0, 0.1) is 0 Å². The zero-order valence-corrected chi connectivity index (χ0v) is 19.5. The predicted molar refractivity (Wildman–Crippen MR) is 126 cm³/mol. The highest BCUT2D eigenvalue weighted by molar-refractivity contribution is 5.83. The van der Waals surface area contributed by atoms with Crippen molar-refractivity contribution in [2.45, 2.75) is 89.8 Å². The minimum absolute atomic E-state index is 0.0496. The highest BCUT2D eigenvalue weighted by Gasteiger charge is 2.31. The van der Waals surface area contributed by atoms with E-state index in [-0.39, 0.29) is 18.1 Å². The summed E-state index contributed by atoms with van der Waals surface area (Å²) < 4.78 is 0. The number of unbranched alkanes of at least 4 members (excludes halogenated alkanes) is 4. The van der Waals surface area contributed by atoms with Gasteiger partial charge in [-0.25, -0.2) is 14.6 Å². The first-order valence-electron chi connectivity index (χ1n) is 12.2. The normalized spacial score (nSPS) is 21.4. The molecule has 0 spiro atoms. The van der Waals surface area contributed by atoms with Gasteiger partial charge in [0.2, 0.25) is 0 Å². The molecular formula is C24H39N5O3. The van der Waals surface area contributed by atoms with Gasteiger partial charge in [-0.1, -0.05) is 31.7 Å². The van der Waals surface area contributed by atoms with E-state index in [1.807, 2.05) is 13.8 Å². The Morgan fingerprint density at radius 2 is 1.88 bits per heavy atom. The lowest BCUT2D eigenvalue weighted by atomic mass is 10.0. The summed E-state index contributed by atoms with van der Waals surface area (Å²) in [6.07, 6.45) is 8.75. The Labute approximate surface area is 191 Å². The van der Waals surface area contributed by atoms with E-state index in [1.54, 1.807) is 4.90 Å². The van der Waals surface area contributed by atoms with Crippen molar-refractivity contribution < 1.29 is 14.7 Å². The van der Waals surface area contributed by atoms with Crippen molar-refractivity contribution in [1.82, 2.24) is 20.5 Å². The smallest absolute Gasteiger partial charge is 0.326 e. The first-order chi connectivity index (χ1) is 15.5. The molecule has 1 saturated heterocycles. The number of piperazine rings is 1. The number of urea groups is 1. The molecular weight excluding hydrogens is 406 g/mol. The van der Waals surface area contributed by atoms with E-state index in [9.17, 15) is 14.7 Å². The molecule has 2 amide bonds. The number of carboxylic acids is 1. The first kappa shape index (κ1) is 24.3. The van der Waals surface area contributed by atoms with Gasteiger partial charge in [0.25, 0.3) is 0 Å². The van der Waals surface area contributed by atoms with Crippen molar-refractivity contribution in [3.63, 3.8) is 0 Å². The maximum absolute atomic E-state index is 12.6. The quantitative estimate of drug-likeness (QED) is 0.412. The molecule has 32 heavy (non-hydrogen) atoms. The summed E-state index contributed by atoms with van der Waals surface area (Å²) in [5.74, 6) is 0.0981. The monoisotopic (exact) mass is 445 g/mol. The molecule has 178 valence electrons. The van der Waals surface area contributed by atoms with Crippen molar-refractivity contribution in [3.05, 3.63) is 23.4 Å². The van der Waals surface area contributed by atoms with E-state index in [2.05, 4.69) is 28.1 Å². The van der Waals surface area contributed by atoms with Gasteiger partial charge in [-0.2, -0.15) is 0 Å². The molecule has 0 saturated carbocycles. The van der Waals surface area contributed by atoms with Gasteiger partial charge in [0, 0.05) is 37.4 Å². The minimum atomic E-state index is -0.958. The molecule has 1 fully saturated rings. The second kappa shape index (κ2) is 12.0. The number of fused-ring (bicyclic) bond motifs is 1. The van der Waals surface area contributed by atoms with Gasteiger partial charge < -0.3 is 26.0 Å². The summed E-state index contributed by atoms with van der Waals surface area (Å²) in [6, 6.07) is 3.34. The van der Waals surface area contributed by atoms with Crippen molar-refractivity contribution >= 4 is 17.8 Å². The van der Waals surface area contributed by atoms with Crippen LogP contribution < -0.4 is 16.0 Å². The van der Waals surface area contributed by atoms with Crippen molar-refractivity contribution in [3.8, 4) is 0 Å². The van der Waals surface area contributed by atoms with E-state index >= 15 is 0 Å². The molecule has 2 aliphatic rings. The highest BCUT2D eigenvalue weighted by Crippen LogP contribution is 2.20. The second-order valence-corrected chi connectivity index (χ2v) is 9.25. The van der Waals surface area contributed by atoms with E-state index in [0.29, 0.717) is 6.42 Å². The molecule has 0 bridgehead atoms. The lowest BCUT2D eigenvalue weighted by Crippen LogP contribution is -2.61. The minimum Gasteiger partial charge on any atom is -0.480 e. The Kier molecular flexibility index (Phi) is 9.14. The molecule has 0 aromatic carbocycles. The van der Waals surface area contributed by atoms with E-state index in [0.717, 1.165) is 76.1 Å². The van der Waals surface area contributed by atoms with Crippen LogP contribution in [0.2, 0.25) is 0 Å². The largest absolute Gasteiger partial charge is 0.480 e. The fourth-order valence-corrected chi connectivity index (χ4v) is 4.71. The molecule has 3 atom stereocenters. The molecule has 2 aliphatic heterocycles. The topological polar surface area (TPSA) is 107 Å². The van der Waals surface area contributed by atoms with Gasteiger partial charge in [-0.15, -0.1) is 0 Å². The van der Waals surface area contributed by atoms with Crippen LogP contribution in [0.1, 0.15) is 70.1 Å². The van der Waals surface area contributed by atoms with Crippen LogP contribution in [0.5, 0.6) is 0 Å². The van der Waals surface area contributed by atoms with Crippen LogP contribution >= 0.6 is 0 Å². The van der Waals surface area contributed by atoms with E-state index < -0.39 is 12.0 Å². The van der Waals surface area contributed by atoms with Gasteiger partial charge in [0.05, 0.1) is 0 Å². The number of carbonyl (C=O) groups excluding carboxylic acids is 1. The first-order valence-corrected chi connectivity index (χ1v) is 12.2. The number of nitrogens with zero attached hydrogens (tertiary/aromatic N) is 2. The number of amides is 2. The second-order valence-electron chi connectivity index (χ2n) is 9.25. The summed E-state index contributed by atoms with van der Waals surface area (Å²) in [5.41, 5.74) is 2.46. The number of pyridine rings is 1. The Morgan fingerprint density at radius 1 is 1.16 bits per heavy atom. The Balaban J connectivity index is 1.32. The molecule has 1 unspecified atom stereocenters. The molecule has 8 nitrogen and oxygen atoms in total. The van der Waals surface area contributed by atoms with E-state index in [4.69, 9.17) is 4.98 Å². The average Bonchev–Trinajstić information content (AvgIpc) is 2.77. The summed E-state index contributed by atoms with van der Waals surface area (Å²) in [6.45, 7) is 6.43. The van der Waals surface area contributed by atoms with Crippen molar-refractivity contribution in [2.24, 2.45) is 0 Å². The van der Waals surface area contributed by atoms with Crippen LogP contribution in [-0.2, 0) is 17.6 Å². The number of hydrogen-bond donors (Lipinski definition) is 4. The van der Waals surface area contributed by atoms with Crippen molar-refractivity contribution in [2.75, 3.05) is 25.0 Å². The molecule has 4 N–H and O–H groups in total. The highest BCUT2D eigenvalue weighted by atomic mass is 16.4. The van der Waals surface area contributed by atoms with Gasteiger partial charge >= 0.3 is 12.0 Å². The number of aliphatic carboxylic acids is 1. The number of carboxylic acid groups (broad SMARTS) is 1. The average molecular weight is 446 g/mol. The lowest BCUT2D eigenvalue weighted by molar-refractivity contribution is -0.139. The number of carbonyl (C=O) groups is 2. The Morgan fingerprint density at radius 3 is 2.62 bits per heavy atom. The third-order valence-electron chi connectivity index (χ3n) is 6.54. The summed E-state index contributed by atoms with van der Waals surface area (Å²) in [7, 11) is 0. The fraction of sp³-hybridized carbons (Fsp3) is 0.708. The molecule has 3 heterocycles. The fourth-order valence-electron chi connectivity index (χ4n) is 4.71. The third-order valence-corrected chi connectivity index (χ3v) is 6.54. The van der Waals surface area contributed by atoms with E-state index in [1.165, 1.54) is 12.0 Å². The summed E-state index contributed by atoms with van der Waals surface area (Å²) >= 11 is 0. The molecule has 1 aromatic heterocycles. The maximum atomic E-state index is 12.6. The molecule has 0 radical (unpaired) electrons. The zero-order chi connectivity index (χ0) is 22.9. The predicted octanol–water partition coefficient (Wildman–Crippen LogP) is 3.17. The van der Waals surface area contributed by atoms with Crippen molar-refractivity contribution in [1.29, 1.82) is 0 Å². The Bertz CT molecular complexity index is 762.